The quantitative estimate of drug-likeness (QED) is 0.765. The number of benzene rings is 2. The molecule has 1 aliphatic heterocycles. The minimum Gasteiger partial charge on any atom is -0.399 e. The van der Waals surface area contributed by atoms with Gasteiger partial charge in [-0.2, -0.15) is 0 Å². The lowest BCUT2D eigenvalue weighted by molar-refractivity contribution is -0.131. The van der Waals surface area contributed by atoms with Crippen molar-refractivity contribution in [3.8, 4) is 0 Å². The van der Waals surface area contributed by atoms with Crippen LogP contribution in [0.2, 0.25) is 5.02 Å². The minimum atomic E-state index is -0.0157. The molecule has 1 fully saturated rings. The Morgan fingerprint density at radius 2 is 1.57 bits per heavy atom. The number of hydrogen-bond donors (Lipinski definition) is 1. The van der Waals surface area contributed by atoms with Crippen LogP contribution >= 0.6 is 24.0 Å². The maximum absolute atomic E-state index is 12.7. The Kier molecular flexibility index (Phi) is 8.15. The van der Waals surface area contributed by atoms with Crippen LogP contribution < -0.4 is 5.73 Å². The Balaban J connectivity index is 0.00000280. The third-order valence-corrected chi connectivity index (χ3v) is 5.14. The molecule has 150 valence electrons. The predicted molar refractivity (Wildman–Crippen MR) is 115 cm³/mol. The van der Waals surface area contributed by atoms with E-state index in [0.29, 0.717) is 49.6 Å². The van der Waals surface area contributed by atoms with E-state index in [4.69, 9.17) is 17.3 Å². The molecule has 1 saturated heterocycles. The first-order valence-corrected chi connectivity index (χ1v) is 9.58. The lowest BCUT2D eigenvalue weighted by atomic mass is 10.1. The maximum Gasteiger partial charge on any atom is 0.253 e. The fourth-order valence-corrected chi connectivity index (χ4v) is 3.43. The molecule has 0 unspecified atom stereocenters. The molecule has 2 aromatic rings. The Hall–Kier alpha value is -2.24. The van der Waals surface area contributed by atoms with Crippen molar-refractivity contribution in [2.75, 3.05) is 31.9 Å². The summed E-state index contributed by atoms with van der Waals surface area (Å²) in [5, 5.41) is 0.609. The molecule has 2 aromatic carbocycles. The molecule has 5 nitrogen and oxygen atoms in total. The third-order valence-electron chi connectivity index (χ3n) is 4.89. The van der Waals surface area contributed by atoms with Gasteiger partial charge in [-0.15, -0.1) is 12.4 Å². The number of aryl methyl sites for hydroxylation is 1. The van der Waals surface area contributed by atoms with E-state index in [2.05, 4.69) is 0 Å². The zero-order valence-electron chi connectivity index (χ0n) is 15.6. The smallest absolute Gasteiger partial charge is 0.253 e. The summed E-state index contributed by atoms with van der Waals surface area (Å²) < 4.78 is 0. The number of carbonyl (C=O) groups excluding carboxylic acids is 2. The molecule has 0 spiro atoms. The van der Waals surface area contributed by atoms with Gasteiger partial charge in [-0.25, -0.2) is 0 Å². The molecular weight excluding hydrogens is 397 g/mol. The Labute approximate surface area is 176 Å². The van der Waals surface area contributed by atoms with Crippen LogP contribution in [0.5, 0.6) is 0 Å². The third kappa shape index (κ3) is 5.63. The van der Waals surface area contributed by atoms with Gasteiger partial charge in [0.15, 0.2) is 0 Å². The number of nitrogen functional groups attached to an aromatic ring is 1. The molecule has 28 heavy (non-hydrogen) atoms. The van der Waals surface area contributed by atoms with Gasteiger partial charge in [0.2, 0.25) is 5.91 Å². The highest BCUT2D eigenvalue weighted by atomic mass is 35.5. The van der Waals surface area contributed by atoms with Crippen molar-refractivity contribution in [3.05, 3.63) is 64.7 Å². The number of anilines is 1. The highest BCUT2D eigenvalue weighted by molar-refractivity contribution is 6.30. The summed E-state index contributed by atoms with van der Waals surface area (Å²) in [4.78, 5) is 28.9. The normalized spacial score (nSPS) is 14.2. The molecule has 2 amide bonds. The SMILES string of the molecule is Cl.Nc1ccccc1CCC(=O)N1CCCN(C(=O)c2ccc(Cl)cc2)CC1. The van der Waals surface area contributed by atoms with Crippen molar-refractivity contribution in [3.63, 3.8) is 0 Å². The maximum atomic E-state index is 12.7. The number of para-hydroxylation sites is 1. The van der Waals surface area contributed by atoms with Gasteiger partial charge in [0.05, 0.1) is 0 Å². The number of rotatable bonds is 4. The van der Waals surface area contributed by atoms with Crippen LogP contribution in [0.4, 0.5) is 5.69 Å². The zero-order chi connectivity index (χ0) is 19.2. The monoisotopic (exact) mass is 421 g/mol. The number of halogens is 2. The summed E-state index contributed by atoms with van der Waals surface area (Å²) in [5.41, 5.74) is 8.30. The summed E-state index contributed by atoms with van der Waals surface area (Å²) in [6.07, 6.45) is 1.84. The predicted octanol–water partition coefficient (Wildman–Crippen LogP) is 3.65. The van der Waals surface area contributed by atoms with Crippen molar-refractivity contribution in [2.45, 2.75) is 19.3 Å². The van der Waals surface area contributed by atoms with E-state index in [9.17, 15) is 9.59 Å². The van der Waals surface area contributed by atoms with Gasteiger partial charge in [-0.3, -0.25) is 9.59 Å². The standard InChI is InChI=1S/C21H24ClN3O2.ClH/c22-18-9-6-17(7-10-18)21(27)25-13-3-12-24(14-15-25)20(26)11-8-16-4-1-2-5-19(16)23;/h1-2,4-7,9-10H,3,8,11-15,23H2;1H. The van der Waals surface area contributed by atoms with Gasteiger partial charge in [-0.05, 0) is 48.7 Å². The first-order chi connectivity index (χ1) is 13.0. The molecule has 0 aromatic heterocycles. The Morgan fingerprint density at radius 3 is 2.29 bits per heavy atom. The van der Waals surface area contributed by atoms with Crippen molar-refractivity contribution < 1.29 is 9.59 Å². The van der Waals surface area contributed by atoms with Gasteiger partial charge >= 0.3 is 0 Å². The van der Waals surface area contributed by atoms with Crippen LogP contribution in [0.1, 0.15) is 28.8 Å². The van der Waals surface area contributed by atoms with E-state index in [0.717, 1.165) is 17.7 Å². The zero-order valence-corrected chi connectivity index (χ0v) is 17.2. The van der Waals surface area contributed by atoms with E-state index < -0.39 is 0 Å². The molecule has 1 aliphatic rings. The number of nitrogens with zero attached hydrogens (tertiary/aromatic N) is 2. The van der Waals surface area contributed by atoms with Crippen molar-refractivity contribution >= 4 is 41.5 Å². The van der Waals surface area contributed by atoms with Gasteiger partial charge in [0.1, 0.15) is 0 Å². The van der Waals surface area contributed by atoms with E-state index in [1.807, 2.05) is 34.1 Å². The first-order valence-electron chi connectivity index (χ1n) is 9.20. The first kappa shape index (κ1) is 22.1. The van der Waals surface area contributed by atoms with Gasteiger partial charge in [0, 0.05) is 48.9 Å². The number of amides is 2. The average Bonchev–Trinajstić information content (AvgIpc) is 2.93. The Morgan fingerprint density at radius 1 is 0.929 bits per heavy atom. The van der Waals surface area contributed by atoms with Crippen molar-refractivity contribution in [1.82, 2.24) is 9.80 Å². The summed E-state index contributed by atoms with van der Waals surface area (Å²) in [6.45, 7) is 2.42. The lowest BCUT2D eigenvalue weighted by Crippen LogP contribution is -2.37. The second-order valence-electron chi connectivity index (χ2n) is 6.73. The molecule has 1 heterocycles. The molecule has 0 bridgehead atoms. The molecule has 0 saturated carbocycles. The fourth-order valence-electron chi connectivity index (χ4n) is 3.31. The molecule has 0 atom stereocenters. The van der Waals surface area contributed by atoms with Crippen LogP contribution in [0.15, 0.2) is 48.5 Å². The lowest BCUT2D eigenvalue weighted by Gasteiger charge is -2.22. The van der Waals surface area contributed by atoms with Crippen LogP contribution in [0.25, 0.3) is 0 Å². The van der Waals surface area contributed by atoms with E-state index >= 15 is 0 Å². The molecule has 2 N–H and O–H groups in total. The van der Waals surface area contributed by atoms with Gasteiger partial charge in [0.25, 0.3) is 5.91 Å². The molecule has 0 radical (unpaired) electrons. The van der Waals surface area contributed by atoms with E-state index in [1.54, 1.807) is 24.3 Å². The van der Waals surface area contributed by atoms with Crippen molar-refractivity contribution in [2.24, 2.45) is 0 Å². The topological polar surface area (TPSA) is 66.6 Å². The van der Waals surface area contributed by atoms with Gasteiger partial charge < -0.3 is 15.5 Å². The molecular formula is C21H25Cl2N3O2. The number of hydrogen-bond acceptors (Lipinski definition) is 3. The molecule has 7 heteroatoms. The summed E-state index contributed by atoms with van der Waals surface area (Å²) in [5.74, 6) is 0.0945. The largest absolute Gasteiger partial charge is 0.399 e. The molecule has 0 aliphatic carbocycles. The van der Waals surface area contributed by atoms with Crippen LogP contribution in [0, 0.1) is 0 Å². The van der Waals surface area contributed by atoms with E-state index in [1.165, 1.54) is 0 Å². The number of nitrogens with two attached hydrogens (primary N) is 1. The molecule has 3 rings (SSSR count). The average molecular weight is 422 g/mol. The van der Waals surface area contributed by atoms with Crippen LogP contribution in [0.3, 0.4) is 0 Å². The van der Waals surface area contributed by atoms with Crippen LogP contribution in [-0.4, -0.2) is 47.8 Å². The summed E-state index contributed by atoms with van der Waals surface area (Å²) in [6, 6.07) is 14.6. The number of carbonyl (C=O) groups is 2. The Bertz CT molecular complexity index is 812. The minimum absolute atomic E-state index is 0. The highest BCUT2D eigenvalue weighted by Crippen LogP contribution is 2.16. The summed E-state index contributed by atoms with van der Waals surface area (Å²) in [7, 11) is 0. The fraction of sp³-hybridized carbons (Fsp3) is 0.333. The highest BCUT2D eigenvalue weighted by Gasteiger charge is 2.22. The van der Waals surface area contributed by atoms with Gasteiger partial charge in [-0.1, -0.05) is 29.8 Å². The second-order valence-corrected chi connectivity index (χ2v) is 7.17. The van der Waals surface area contributed by atoms with Crippen molar-refractivity contribution in [1.29, 1.82) is 0 Å². The van der Waals surface area contributed by atoms with Crippen LogP contribution in [-0.2, 0) is 11.2 Å². The summed E-state index contributed by atoms with van der Waals surface area (Å²) >= 11 is 5.89. The van der Waals surface area contributed by atoms with E-state index in [-0.39, 0.29) is 24.2 Å². The second kappa shape index (κ2) is 10.3.